The van der Waals surface area contributed by atoms with Crippen molar-refractivity contribution in [3.63, 3.8) is 0 Å². The smallest absolute Gasteiger partial charge is 0.344 e. The lowest BCUT2D eigenvalue weighted by atomic mass is 10.3. The fourth-order valence-electron chi connectivity index (χ4n) is 2.14. The number of pyridine rings is 1. The topological polar surface area (TPSA) is 117 Å². The number of hydrogen-bond acceptors (Lipinski definition) is 5. The summed E-state index contributed by atoms with van der Waals surface area (Å²) in [7, 11) is -3.34. The number of hydrogen-bond donors (Lipinski definition) is 2. The summed E-state index contributed by atoms with van der Waals surface area (Å²) in [5.41, 5.74) is -0.0663. The van der Waals surface area contributed by atoms with Crippen LogP contribution in [0.25, 0.3) is 0 Å². The molecule has 0 bridgehead atoms. The van der Waals surface area contributed by atoms with Gasteiger partial charge in [-0.25, -0.2) is 13.4 Å². The SMILES string of the molecule is CC(NS(=O)(=O)c1cn(C)c(C(=O)Nc2ccnc(C#N)c2)c1Cl)C(F)(F)F. The number of halogens is 4. The maximum atomic E-state index is 12.7. The third kappa shape index (κ3) is 4.61. The fraction of sp³-hybridized carbons (Fsp3) is 0.267. The lowest BCUT2D eigenvalue weighted by molar-refractivity contribution is -0.147. The maximum Gasteiger partial charge on any atom is 0.404 e. The first-order valence-electron chi connectivity index (χ1n) is 7.48. The Labute approximate surface area is 163 Å². The van der Waals surface area contributed by atoms with Gasteiger partial charge in [0.25, 0.3) is 5.91 Å². The molecule has 0 fully saturated rings. The largest absolute Gasteiger partial charge is 0.404 e. The van der Waals surface area contributed by atoms with Gasteiger partial charge in [-0.3, -0.25) is 4.79 Å². The second-order valence-electron chi connectivity index (χ2n) is 5.65. The second kappa shape index (κ2) is 7.78. The lowest BCUT2D eigenvalue weighted by Crippen LogP contribution is -2.42. The van der Waals surface area contributed by atoms with E-state index in [4.69, 9.17) is 16.9 Å². The van der Waals surface area contributed by atoms with Crippen LogP contribution in [0.1, 0.15) is 23.1 Å². The molecule has 1 atom stereocenters. The van der Waals surface area contributed by atoms with Crippen molar-refractivity contribution >= 4 is 33.2 Å². The van der Waals surface area contributed by atoms with Crippen molar-refractivity contribution in [2.75, 3.05) is 5.32 Å². The number of nitrogens with zero attached hydrogens (tertiary/aromatic N) is 3. The van der Waals surface area contributed by atoms with Crippen LogP contribution >= 0.6 is 11.6 Å². The molecule has 150 valence electrons. The maximum absolute atomic E-state index is 12.7. The highest BCUT2D eigenvalue weighted by molar-refractivity contribution is 7.89. The van der Waals surface area contributed by atoms with Crippen LogP contribution in [0.2, 0.25) is 5.02 Å². The summed E-state index contributed by atoms with van der Waals surface area (Å²) in [6.45, 7) is 0.637. The van der Waals surface area contributed by atoms with E-state index in [2.05, 4.69) is 10.3 Å². The molecule has 13 heteroatoms. The van der Waals surface area contributed by atoms with E-state index in [0.717, 1.165) is 10.8 Å². The average molecular weight is 436 g/mol. The molecule has 2 rings (SSSR count). The molecular formula is C15H13ClF3N5O3S. The van der Waals surface area contributed by atoms with Gasteiger partial charge in [0.15, 0.2) is 0 Å². The van der Waals surface area contributed by atoms with E-state index in [1.165, 1.54) is 30.1 Å². The third-order valence-corrected chi connectivity index (χ3v) is 5.59. The monoisotopic (exact) mass is 435 g/mol. The van der Waals surface area contributed by atoms with Crippen molar-refractivity contribution in [1.82, 2.24) is 14.3 Å². The number of carbonyl (C=O) groups excluding carboxylic acids is 1. The number of anilines is 1. The van der Waals surface area contributed by atoms with Gasteiger partial charge in [-0.1, -0.05) is 11.6 Å². The Hall–Kier alpha value is -2.62. The Bertz CT molecular complexity index is 1060. The first-order chi connectivity index (χ1) is 12.9. The number of sulfonamides is 1. The highest BCUT2D eigenvalue weighted by Crippen LogP contribution is 2.29. The molecule has 0 aliphatic heterocycles. The molecule has 2 N–H and O–H groups in total. The quantitative estimate of drug-likeness (QED) is 0.748. The van der Waals surface area contributed by atoms with E-state index in [0.29, 0.717) is 6.92 Å². The van der Waals surface area contributed by atoms with Crippen molar-refractivity contribution < 1.29 is 26.4 Å². The van der Waals surface area contributed by atoms with Crippen LogP contribution in [0.4, 0.5) is 18.9 Å². The molecule has 0 radical (unpaired) electrons. The molecule has 2 heterocycles. The fourth-order valence-corrected chi connectivity index (χ4v) is 4.07. The zero-order valence-electron chi connectivity index (χ0n) is 14.4. The molecular weight excluding hydrogens is 423 g/mol. The molecule has 0 saturated heterocycles. The van der Waals surface area contributed by atoms with Gasteiger partial charge in [-0.15, -0.1) is 0 Å². The summed E-state index contributed by atoms with van der Waals surface area (Å²) in [5, 5.41) is 10.7. The average Bonchev–Trinajstić information content (AvgIpc) is 2.89. The number of nitrogens with one attached hydrogen (secondary N) is 2. The Morgan fingerprint density at radius 3 is 2.64 bits per heavy atom. The zero-order valence-corrected chi connectivity index (χ0v) is 15.9. The van der Waals surface area contributed by atoms with E-state index in [1.807, 2.05) is 0 Å². The van der Waals surface area contributed by atoms with Crippen molar-refractivity contribution in [2.45, 2.75) is 24.0 Å². The summed E-state index contributed by atoms with van der Waals surface area (Å²) in [5.74, 6) is -0.826. The minimum atomic E-state index is -4.80. The zero-order chi connectivity index (χ0) is 21.3. The predicted octanol–water partition coefficient (Wildman–Crippen LogP) is 2.43. The number of alkyl halides is 3. The van der Waals surface area contributed by atoms with E-state index in [1.54, 1.807) is 6.07 Å². The van der Waals surface area contributed by atoms with Gasteiger partial charge in [0.1, 0.15) is 28.4 Å². The number of carbonyl (C=O) groups is 1. The minimum absolute atomic E-state index is 0.0318. The number of amides is 1. The van der Waals surface area contributed by atoms with Gasteiger partial charge in [-0.2, -0.15) is 23.2 Å². The van der Waals surface area contributed by atoms with Crippen molar-refractivity contribution in [1.29, 1.82) is 5.26 Å². The number of rotatable bonds is 5. The lowest BCUT2D eigenvalue weighted by Gasteiger charge is -2.16. The van der Waals surface area contributed by atoms with E-state index in [9.17, 15) is 26.4 Å². The Kier molecular flexibility index (Phi) is 6.03. The van der Waals surface area contributed by atoms with Crippen LogP contribution in [-0.4, -0.2) is 36.1 Å². The number of aryl methyl sites for hydroxylation is 1. The van der Waals surface area contributed by atoms with Gasteiger partial charge < -0.3 is 9.88 Å². The molecule has 0 aliphatic rings. The molecule has 1 amide bonds. The number of aromatic nitrogens is 2. The van der Waals surface area contributed by atoms with Gasteiger partial charge in [0, 0.05) is 25.1 Å². The van der Waals surface area contributed by atoms with Crippen molar-refractivity contribution in [3.05, 3.63) is 40.9 Å². The second-order valence-corrected chi connectivity index (χ2v) is 7.71. The Balaban J connectivity index is 2.35. The van der Waals surface area contributed by atoms with Crippen LogP contribution in [0, 0.1) is 11.3 Å². The molecule has 1 unspecified atom stereocenters. The first-order valence-corrected chi connectivity index (χ1v) is 9.34. The summed E-state index contributed by atoms with van der Waals surface area (Å²) in [6.07, 6.45) is -2.59. The first kappa shape index (κ1) is 21.7. The molecule has 0 aliphatic carbocycles. The van der Waals surface area contributed by atoms with Gasteiger partial charge in [-0.05, 0) is 19.1 Å². The Morgan fingerprint density at radius 2 is 2.07 bits per heavy atom. The minimum Gasteiger partial charge on any atom is -0.344 e. The van der Waals surface area contributed by atoms with Gasteiger partial charge >= 0.3 is 6.18 Å². The van der Waals surface area contributed by atoms with E-state index >= 15 is 0 Å². The summed E-state index contributed by atoms with van der Waals surface area (Å²) in [4.78, 5) is 15.5. The van der Waals surface area contributed by atoms with Crippen LogP contribution in [-0.2, 0) is 17.1 Å². The van der Waals surface area contributed by atoms with Gasteiger partial charge in [0.2, 0.25) is 10.0 Å². The van der Waals surface area contributed by atoms with Crippen LogP contribution in [0.5, 0.6) is 0 Å². The summed E-state index contributed by atoms with van der Waals surface area (Å²) in [6, 6.07) is 2.10. The van der Waals surface area contributed by atoms with Crippen LogP contribution in [0.15, 0.2) is 29.4 Å². The summed E-state index contributed by atoms with van der Waals surface area (Å²) >= 11 is 5.98. The van der Waals surface area contributed by atoms with Crippen LogP contribution < -0.4 is 10.0 Å². The van der Waals surface area contributed by atoms with Gasteiger partial charge in [0.05, 0.1) is 5.02 Å². The standard InChI is InChI=1S/C15H13ClF3N5O3S/c1-8(15(17,18)19)23-28(26,27)11-7-24(2)13(12(11)16)14(25)22-9-3-4-21-10(5-9)6-20/h3-5,7-8,23H,1-2H3,(H,21,22,25). The molecule has 0 spiro atoms. The molecule has 28 heavy (non-hydrogen) atoms. The van der Waals surface area contributed by atoms with E-state index in [-0.39, 0.29) is 17.1 Å². The third-order valence-electron chi connectivity index (χ3n) is 3.55. The molecule has 2 aromatic rings. The highest BCUT2D eigenvalue weighted by Gasteiger charge is 2.40. The summed E-state index contributed by atoms with van der Waals surface area (Å²) < 4.78 is 65.0. The number of nitriles is 1. The highest BCUT2D eigenvalue weighted by atomic mass is 35.5. The molecule has 0 saturated carbocycles. The van der Waals surface area contributed by atoms with E-state index < -0.39 is 38.1 Å². The van der Waals surface area contributed by atoms with Crippen molar-refractivity contribution in [3.8, 4) is 6.07 Å². The molecule has 0 aromatic carbocycles. The Morgan fingerprint density at radius 1 is 1.43 bits per heavy atom. The normalized spacial score (nSPS) is 13.0. The molecule has 8 nitrogen and oxygen atoms in total. The van der Waals surface area contributed by atoms with Crippen LogP contribution in [0.3, 0.4) is 0 Å². The molecule has 2 aromatic heterocycles. The van der Waals surface area contributed by atoms with Crippen molar-refractivity contribution in [2.24, 2.45) is 7.05 Å². The predicted molar refractivity (Wildman–Crippen MR) is 93.2 cm³/mol.